The first-order valence-corrected chi connectivity index (χ1v) is 7.53. The van der Waals surface area contributed by atoms with E-state index in [-0.39, 0.29) is 11.6 Å². The molecule has 0 aliphatic carbocycles. The van der Waals surface area contributed by atoms with Crippen LogP contribution >= 0.6 is 0 Å². The van der Waals surface area contributed by atoms with Gasteiger partial charge in [-0.1, -0.05) is 25.1 Å². The van der Waals surface area contributed by atoms with E-state index < -0.39 is 0 Å². The lowest BCUT2D eigenvalue weighted by molar-refractivity contribution is 0.00672. The van der Waals surface area contributed by atoms with Gasteiger partial charge in [0.25, 0.3) is 0 Å². The molecule has 0 saturated carbocycles. The van der Waals surface area contributed by atoms with E-state index in [0.29, 0.717) is 13.2 Å². The van der Waals surface area contributed by atoms with Crippen LogP contribution < -0.4 is 10.1 Å². The van der Waals surface area contributed by atoms with Crippen LogP contribution in [0.2, 0.25) is 0 Å². The highest BCUT2D eigenvalue weighted by molar-refractivity contribution is 5.36. The Kier molecular flexibility index (Phi) is 7.72. The van der Waals surface area contributed by atoms with Crippen LogP contribution in [0.4, 0.5) is 0 Å². The summed E-state index contributed by atoms with van der Waals surface area (Å²) in [6, 6.07) is 8.36. The third-order valence-corrected chi connectivity index (χ3v) is 3.54. The molecule has 120 valence electrons. The summed E-state index contributed by atoms with van der Waals surface area (Å²) in [5, 5.41) is 3.53. The Bertz CT molecular complexity index is 407. The normalized spacial score (nSPS) is 13.2. The lowest BCUT2D eigenvalue weighted by atomic mass is 9.93. The lowest BCUT2D eigenvalue weighted by Gasteiger charge is -2.30. The van der Waals surface area contributed by atoms with Gasteiger partial charge in [0.2, 0.25) is 0 Å². The molecular formula is C17H29NO3. The second kappa shape index (κ2) is 9.03. The van der Waals surface area contributed by atoms with Crippen molar-refractivity contribution >= 4 is 0 Å². The van der Waals surface area contributed by atoms with Gasteiger partial charge in [-0.3, -0.25) is 0 Å². The molecule has 0 spiro atoms. The van der Waals surface area contributed by atoms with E-state index in [2.05, 4.69) is 32.2 Å². The first kappa shape index (κ1) is 18.0. The van der Waals surface area contributed by atoms with E-state index in [1.54, 1.807) is 14.2 Å². The molecule has 0 aliphatic rings. The van der Waals surface area contributed by atoms with E-state index in [9.17, 15) is 0 Å². The summed E-state index contributed by atoms with van der Waals surface area (Å²) >= 11 is 0. The van der Waals surface area contributed by atoms with Crippen molar-refractivity contribution in [3.8, 4) is 5.75 Å². The maximum absolute atomic E-state index is 5.85. The predicted molar refractivity (Wildman–Crippen MR) is 85.9 cm³/mol. The molecule has 0 bridgehead atoms. The standard InChI is InChI=1S/C17H29NO3/c1-6-18-15(13-17(2,3)20-5)14-9-7-8-10-16(14)21-12-11-19-4/h7-10,15,18H,6,11-13H2,1-5H3. The summed E-state index contributed by atoms with van der Waals surface area (Å²) < 4.78 is 16.5. The molecule has 0 heterocycles. The molecule has 1 rings (SSSR count). The predicted octanol–water partition coefficient (Wildman–Crippen LogP) is 3.18. The van der Waals surface area contributed by atoms with E-state index in [4.69, 9.17) is 14.2 Å². The van der Waals surface area contributed by atoms with Crippen LogP contribution in [0.3, 0.4) is 0 Å². The Morgan fingerprint density at radius 1 is 1.14 bits per heavy atom. The van der Waals surface area contributed by atoms with Gasteiger partial charge in [-0.2, -0.15) is 0 Å². The highest BCUT2D eigenvalue weighted by Gasteiger charge is 2.25. The van der Waals surface area contributed by atoms with Gasteiger partial charge in [-0.15, -0.1) is 0 Å². The van der Waals surface area contributed by atoms with Crippen molar-refractivity contribution in [2.24, 2.45) is 0 Å². The highest BCUT2D eigenvalue weighted by atomic mass is 16.5. The zero-order valence-electron chi connectivity index (χ0n) is 13.9. The number of rotatable bonds is 10. The molecule has 1 aromatic carbocycles. The van der Waals surface area contributed by atoms with Crippen LogP contribution in [0.25, 0.3) is 0 Å². The minimum atomic E-state index is -0.188. The van der Waals surface area contributed by atoms with Gasteiger partial charge in [-0.05, 0) is 32.9 Å². The van der Waals surface area contributed by atoms with Crippen molar-refractivity contribution in [2.75, 3.05) is 34.0 Å². The topological polar surface area (TPSA) is 39.7 Å². The van der Waals surface area contributed by atoms with Crippen molar-refractivity contribution in [1.82, 2.24) is 5.32 Å². The molecule has 1 N–H and O–H groups in total. The van der Waals surface area contributed by atoms with Gasteiger partial charge in [-0.25, -0.2) is 0 Å². The van der Waals surface area contributed by atoms with Crippen molar-refractivity contribution in [3.63, 3.8) is 0 Å². The van der Waals surface area contributed by atoms with Crippen molar-refractivity contribution in [3.05, 3.63) is 29.8 Å². The molecule has 21 heavy (non-hydrogen) atoms. The third kappa shape index (κ3) is 6.04. The fourth-order valence-corrected chi connectivity index (χ4v) is 2.25. The van der Waals surface area contributed by atoms with Crippen LogP contribution in [0.5, 0.6) is 5.75 Å². The smallest absolute Gasteiger partial charge is 0.124 e. The number of ether oxygens (including phenoxy) is 3. The van der Waals surface area contributed by atoms with Crippen molar-refractivity contribution < 1.29 is 14.2 Å². The first-order chi connectivity index (χ1) is 10.0. The van der Waals surface area contributed by atoms with E-state index in [1.807, 2.05) is 18.2 Å². The highest BCUT2D eigenvalue weighted by Crippen LogP contribution is 2.31. The molecule has 0 aromatic heterocycles. The Morgan fingerprint density at radius 3 is 2.48 bits per heavy atom. The van der Waals surface area contributed by atoms with Crippen LogP contribution in [0, 0.1) is 0 Å². The van der Waals surface area contributed by atoms with Crippen LogP contribution in [-0.2, 0) is 9.47 Å². The number of benzene rings is 1. The molecule has 1 unspecified atom stereocenters. The Labute approximate surface area is 128 Å². The van der Waals surface area contributed by atoms with E-state index >= 15 is 0 Å². The van der Waals surface area contributed by atoms with Gasteiger partial charge < -0.3 is 19.5 Å². The number of methoxy groups -OCH3 is 2. The zero-order chi connectivity index (χ0) is 15.7. The SMILES string of the molecule is CCNC(CC(C)(C)OC)c1ccccc1OCCOC. The first-order valence-electron chi connectivity index (χ1n) is 7.53. The molecule has 4 nitrogen and oxygen atoms in total. The number of hydrogen-bond donors (Lipinski definition) is 1. The summed E-state index contributed by atoms with van der Waals surface area (Å²) in [4.78, 5) is 0. The van der Waals surface area contributed by atoms with Gasteiger partial charge in [0.05, 0.1) is 12.2 Å². The summed E-state index contributed by atoms with van der Waals surface area (Å²) in [5.41, 5.74) is 0.979. The number of para-hydroxylation sites is 1. The summed E-state index contributed by atoms with van der Waals surface area (Å²) in [7, 11) is 3.43. The molecule has 1 aromatic rings. The largest absolute Gasteiger partial charge is 0.491 e. The van der Waals surface area contributed by atoms with Crippen LogP contribution in [0.15, 0.2) is 24.3 Å². The zero-order valence-corrected chi connectivity index (χ0v) is 13.9. The fourth-order valence-electron chi connectivity index (χ4n) is 2.25. The molecule has 0 aliphatic heterocycles. The Morgan fingerprint density at radius 2 is 1.86 bits per heavy atom. The van der Waals surface area contributed by atoms with Crippen molar-refractivity contribution in [2.45, 2.75) is 38.8 Å². The minimum Gasteiger partial charge on any atom is -0.491 e. The van der Waals surface area contributed by atoms with Gasteiger partial charge in [0, 0.05) is 25.8 Å². The second-order valence-electron chi connectivity index (χ2n) is 5.66. The van der Waals surface area contributed by atoms with Crippen molar-refractivity contribution in [1.29, 1.82) is 0 Å². The monoisotopic (exact) mass is 295 g/mol. The molecule has 1 atom stereocenters. The number of hydrogen-bond acceptors (Lipinski definition) is 4. The summed E-state index contributed by atoms with van der Waals surface area (Å²) in [5.74, 6) is 0.910. The second-order valence-corrected chi connectivity index (χ2v) is 5.66. The molecular weight excluding hydrogens is 266 g/mol. The molecule has 4 heteroatoms. The summed E-state index contributed by atoms with van der Waals surface area (Å²) in [6.45, 7) is 8.36. The van der Waals surface area contributed by atoms with Gasteiger partial charge in [0.15, 0.2) is 0 Å². The molecule has 0 saturated heterocycles. The summed E-state index contributed by atoms with van der Waals surface area (Å²) in [6.07, 6.45) is 0.877. The molecule has 0 fully saturated rings. The maximum atomic E-state index is 5.85. The lowest BCUT2D eigenvalue weighted by Crippen LogP contribution is -2.32. The Balaban J connectivity index is 2.90. The third-order valence-electron chi connectivity index (χ3n) is 3.54. The van der Waals surface area contributed by atoms with Crippen LogP contribution in [-0.4, -0.2) is 39.6 Å². The average molecular weight is 295 g/mol. The van der Waals surface area contributed by atoms with Crippen LogP contribution in [0.1, 0.15) is 38.8 Å². The fraction of sp³-hybridized carbons (Fsp3) is 0.647. The maximum Gasteiger partial charge on any atom is 0.124 e. The number of nitrogens with one attached hydrogen (secondary N) is 1. The van der Waals surface area contributed by atoms with Gasteiger partial charge in [0.1, 0.15) is 12.4 Å². The van der Waals surface area contributed by atoms with E-state index in [1.165, 1.54) is 5.56 Å². The minimum absolute atomic E-state index is 0.188. The Hall–Kier alpha value is -1.10. The average Bonchev–Trinajstić information content (AvgIpc) is 2.47. The molecule has 0 radical (unpaired) electrons. The quantitative estimate of drug-likeness (QED) is 0.673. The molecule has 0 amide bonds. The van der Waals surface area contributed by atoms with E-state index in [0.717, 1.165) is 18.7 Å². The van der Waals surface area contributed by atoms with Gasteiger partial charge >= 0.3 is 0 Å².